The van der Waals surface area contributed by atoms with Crippen LogP contribution in [0.15, 0.2) is 78.9 Å². The van der Waals surface area contributed by atoms with Crippen LogP contribution in [-0.2, 0) is 17.6 Å². The number of hydrogen-bond acceptors (Lipinski definition) is 2. The zero-order chi connectivity index (χ0) is 18.2. The molecule has 0 aliphatic rings. The van der Waals surface area contributed by atoms with Crippen LogP contribution in [0.1, 0.15) is 24.5 Å². The van der Waals surface area contributed by atoms with E-state index >= 15 is 0 Å². The van der Waals surface area contributed by atoms with Crippen LogP contribution >= 0.6 is 0 Å². The zero-order valence-corrected chi connectivity index (χ0v) is 15.0. The third-order valence-corrected chi connectivity index (χ3v) is 4.30. The van der Waals surface area contributed by atoms with Gasteiger partial charge in [0.15, 0.2) is 0 Å². The van der Waals surface area contributed by atoms with E-state index in [-0.39, 0.29) is 5.91 Å². The molecule has 3 nitrogen and oxygen atoms in total. The first-order valence-electron chi connectivity index (χ1n) is 9.03. The highest BCUT2D eigenvalue weighted by Crippen LogP contribution is 2.19. The molecule has 0 saturated heterocycles. The standard InChI is InChI=1S/C23H24N2O/c1-2-18-8-10-19(11-9-18)12-17-23(26)25-22-15-13-21(14-16-22)24-20-6-4-3-5-7-20/h3-11,13-16,24H,2,12,17H2,1H3,(H,25,26). The molecular weight excluding hydrogens is 320 g/mol. The molecular formula is C23H24N2O. The average Bonchev–Trinajstić information content (AvgIpc) is 2.69. The minimum absolute atomic E-state index is 0.0355. The number of benzene rings is 3. The van der Waals surface area contributed by atoms with E-state index in [9.17, 15) is 4.79 Å². The molecule has 0 radical (unpaired) electrons. The number of rotatable bonds is 7. The molecule has 3 rings (SSSR count). The molecule has 0 heterocycles. The molecule has 0 aliphatic carbocycles. The molecule has 3 heteroatoms. The van der Waals surface area contributed by atoms with Crippen molar-refractivity contribution in [2.24, 2.45) is 0 Å². The van der Waals surface area contributed by atoms with Crippen LogP contribution in [0.2, 0.25) is 0 Å². The Kier molecular flexibility index (Phi) is 6.05. The molecule has 0 atom stereocenters. The number of hydrogen-bond donors (Lipinski definition) is 2. The van der Waals surface area contributed by atoms with Gasteiger partial charge in [-0.1, -0.05) is 49.4 Å². The lowest BCUT2D eigenvalue weighted by Crippen LogP contribution is -2.12. The van der Waals surface area contributed by atoms with E-state index in [0.29, 0.717) is 6.42 Å². The van der Waals surface area contributed by atoms with Crippen molar-refractivity contribution in [3.8, 4) is 0 Å². The zero-order valence-electron chi connectivity index (χ0n) is 15.0. The van der Waals surface area contributed by atoms with E-state index < -0.39 is 0 Å². The lowest BCUT2D eigenvalue weighted by atomic mass is 10.1. The van der Waals surface area contributed by atoms with Gasteiger partial charge in [-0.05, 0) is 60.4 Å². The van der Waals surface area contributed by atoms with Crippen molar-refractivity contribution in [2.45, 2.75) is 26.2 Å². The van der Waals surface area contributed by atoms with Gasteiger partial charge in [0, 0.05) is 23.5 Å². The Labute approximate surface area is 155 Å². The largest absolute Gasteiger partial charge is 0.356 e. The van der Waals surface area contributed by atoms with Crippen LogP contribution in [-0.4, -0.2) is 5.91 Å². The number of amides is 1. The Morgan fingerprint density at radius 2 is 1.31 bits per heavy atom. The molecule has 1 amide bonds. The minimum Gasteiger partial charge on any atom is -0.356 e. The van der Waals surface area contributed by atoms with Gasteiger partial charge in [-0.15, -0.1) is 0 Å². The highest BCUT2D eigenvalue weighted by atomic mass is 16.1. The summed E-state index contributed by atoms with van der Waals surface area (Å²) in [6.07, 6.45) is 2.27. The van der Waals surface area contributed by atoms with E-state index in [0.717, 1.165) is 29.9 Å². The van der Waals surface area contributed by atoms with E-state index in [2.05, 4.69) is 41.8 Å². The summed E-state index contributed by atoms with van der Waals surface area (Å²) in [6, 6.07) is 26.2. The molecule has 2 N–H and O–H groups in total. The maximum absolute atomic E-state index is 12.2. The van der Waals surface area contributed by atoms with E-state index in [4.69, 9.17) is 0 Å². The number of para-hydroxylation sites is 1. The predicted molar refractivity (Wildman–Crippen MR) is 109 cm³/mol. The normalized spacial score (nSPS) is 10.3. The fraction of sp³-hybridized carbons (Fsp3) is 0.174. The summed E-state index contributed by atoms with van der Waals surface area (Å²) < 4.78 is 0. The smallest absolute Gasteiger partial charge is 0.224 e. The van der Waals surface area contributed by atoms with Crippen molar-refractivity contribution in [1.82, 2.24) is 0 Å². The fourth-order valence-corrected chi connectivity index (χ4v) is 2.75. The van der Waals surface area contributed by atoms with Crippen LogP contribution in [0, 0.1) is 0 Å². The van der Waals surface area contributed by atoms with Crippen LogP contribution in [0.3, 0.4) is 0 Å². The van der Waals surface area contributed by atoms with Gasteiger partial charge in [0.2, 0.25) is 5.91 Å². The Bertz CT molecular complexity index is 824. The molecule has 0 aliphatic heterocycles. The Balaban J connectivity index is 1.49. The minimum atomic E-state index is 0.0355. The molecule has 0 unspecified atom stereocenters. The number of carbonyl (C=O) groups excluding carboxylic acids is 1. The van der Waals surface area contributed by atoms with E-state index in [1.165, 1.54) is 11.1 Å². The number of aryl methyl sites for hydroxylation is 2. The first-order valence-corrected chi connectivity index (χ1v) is 9.03. The summed E-state index contributed by atoms with van der Waals surface area (Å²) in [5.74, 6) is 0.0355. The topological polar surface area (TPSA) is 41.1 Å². The summed E-state index contributed by atoms with van der Waals surface area (Å²) >= 11 is 0. The molecule has 0 aromatic heterocycles. The van der Waals surface area contributed by atoms with E-state index in [1.807, 2.05) is 54.6 Å². The van der Waals surface area contributed by atoms with Crippen LogP contribution in [0.5, 0.6) is 0 Å². The molecule has 0 saturated carbocycles. The maximum Gasteiger partial charge on any atom is 0.224 e. The highest BCUT2D eigenvalue weighted by molar-refractivity contribution is 5.91. The van der Waals surface area contributed by atoms with Crippen molar-refractivity contribution in [3.63, 3.8) is 0 Å². The van der Waals surface area contributed by atoms with Gasteiger partial charge in [-0.2, -0.15) is 0 Å². The molecule has 26 heavy (non-hydrogen) atoms. The Morgan fingerprint density at radius 3 is 1.96 bits per heavy atom. The quantitative estimate of drug-likeness (QED) is 0.589. The van der Waals surface area contributed by atoms with Gasteiger partial charge in [-0.3, -0.25) is 4.79 Å². The molecule has 0 fully saturated rings. The molecule has 132 valence electrons. The van der Waals surface area contributed by atoms with Gasteiger partial charge in [0.25, 0.3) is 0 Å². The third-order valence-electron chi connectivity index (χ3n) is 4.30. The maximum atomic E-state index is 12.2. The van der Waals surface area contributed by atoms with Gasteiger partial charge >= 0.3 is 0 Å². The van der Waals surface area contributed by atoms with Crippen molar-refractivity contribution < 1.29 is 4.79 Å². The first kappa shape index (κ1) is 17.7. The molecule has 3 aromatic carbocycles. The third kappa shape index (κ3) is 5.21. The summed E-state index contributed by atoms with van der Waals surface area (Å²) in [4.78, 5) is 12.2. The van der Waals surface area contributed by atoms with Crippen molar-refractivity contribution in [3.05, 3.63) is 90.0 Å². The second kappa shape index (κ2) is 8.86. The molecule has 0 spiro atoms. The van der Waals surface area contributed by atoms with E-state index in [1.54, 1.807) is 0 Å². The van der Waals surface area contributed by atoms with Crippen LogP contribution in [0.25, 0.3) is 0 Å². The van der Waals surface area contributed by atoms with Gasteiger partial charge in [0.05, 0.1) is 0 Å². The van der Waals surface area contributed by atoms with Gasteiger partial charge in [0.1, 0.15) is 0 Å². The fourth-order valence-electron chi connectivity index (χ4n) is 2.75. The SMILES string of the molecule is CCc1ccc(CCC(=O)Nc2ccc(Nc3ccccc3)cc2)cc1. The molecule has 3 aromatic rings. The first-order chi connectivity index (χ1) is 12.7. The number of anilines is 3. The van der Waals surface area contributed by atoms with Gasteiger partial charge < -0.3 is 10.6 Å². The molecule has 0 bridgehead atoms. The summed E-state index contributed by atoms with van der Waals surface area (Å²) in [5, 5.41) is 6.29. The van der Waals surface area contributed by atoms with Crippen molar-refractivity contribution in [2.75, 3.05) is 10.6 Å². The summed E-state index contributed by atoms with van der Waals surface area (Å²) in [5.41, 5.74) is 5.36. The second-order valence-corrected chi connectivity index (χ2v) is 6.29. The van der Waals surface area contributed by atoms with Crippen LogP contribution < -0.4 is 10.6 Å². The Morgan fingerprint density at radius 1 is 0.731 bits per heavy atom. The van der Waals surface area contributed by atoms with Crippen LogP contribution in [0.4, 0.5) is 17.1 Å². The predicted octanol–water partition coefficient (Wildman–Crippen LogP) is 5.56. The number of carbonyl (C=O) groups is 1. The highest BCUT2D eigenvalue weighted by Gasteiger charge is 2.04. The number of nitrogens with one attached hydrogen (secondary N) is 2. The average molecular weight is 344 g/mol. The van der Waals surface area contributed by atoms with Crippen molar-refractivity contribution >= 4 is 23.0 Å². The summed E-state index contributed by atoms with van der Waals surface area (Å²) in [6.45, 7) is 2.14. The lowest BCUT2D eigenvalue weighted by Gasteiger charge is -2.09. The Hall–Kier alpha value is -3.07. The second-order valence-electron chi connectivity index (χ2n) is 6.29. The summed E-state index contributed by atoms with van der Waals surface area (Å²) in [7, 11) is 0. The van der Waals surface area contributed by atoms with Crippen molar-refractivity contribution in [1.29, 1.82) is 0 Å². The monoisotopic (exact) mass is 344 g/mol. The lowest BCUT2D eigenvalue weighted by molar-refractivity contribution is -0.116. The van der Waals surface area contributed by atoms with Gasteiger partial charge in [-0.25, -0.2) is 0 Å².